The molecule has 2 aliphatic heterocycles. The number of ether oxygens (including phenoxy) is 1. The molecule has 0 radical (unpaired) electrons. The minimum atomic E-state index is -0.551. The minimum Gasteiger partial charge on any atom is -0.486 e. The van der Waals surface area contributed by atoms with E-state index in [1.807, 2.05) is 26.0 Å². The minimum absolute atomic E-state index is 0.101. The largest absolute Gasteiger partial charge is 0.486 e. The summed E-state index contributed by atoms with van der Waals surface area (Å²) in [5.74, 6) is 0.152. The maximum atomic E-state index is 13.4. The number of hydrogen-bond acceptors (Lipinski definition) is 3. The van der Waals surface area contributed by atoms with Crippen LogP contribution in [0.15, 0.2) is 36.4 Å². The number of carbonyl (C=O) groups excluding carboxylic acids is 2. The van der Waals surface area contributed by atoms with Gasteiger partial charge >= 0.3 is 0 Å². The van der Waals surface area contributed by atoms with Gasteiger partial charge in [0.05, 0.1) is 12.0 Å². The van der Waals surface area contributed by atoms with Crippen LogP contribution in [0, 0.1) is 19.7 Å². The van der Waals surface area contributed by atoms with E-state index in [1.54, 1.807) is 11.0 Å². The maximum Gasteiger partial charge on any atom is 0.253 e. The monoisotopic (exact) mass is 367 g/mol. The molecule has 0 aromatic heterocycles. The fraction of sp³-hybridized carbons (Fsp3) is 0.364. The lowest BCUT2D eigenvalue weighted by molar-refractivity contribution is -0.00576. The van der Waals surface area contributed by atoms with Crippen molar-refractivity contribution in [2.24, 2.45) is 0 Å². The molecule has 1 spiro atoms. The van der Waals surface area contributed by atoms with E-state index in [-0.39, 0.29) is 11.7 Å². The van der Waals surface area contributed by atoms with Crippen LogP contribution in [0.5, 0.6) is 5.75 Å². The van der Waals surface area contributed by atoms with Crippen molar-refractivity contribution in [2.75, 3.05) is 13.1 Å². The first-order valence-electron chi connectivity index (χ1n) is 9.25. The fourth-order valence-electron chi connectivity index (χ4n) is 3.95. The van der Waals surface area contributed by atoms with Gasteiger partial charge in [-0.05, 0) is 55.3 Å². The van der Waals surface area contributed by atoms with Crippen LogP contribution in [0.3, 0.4) is 0 Å². The van der Waals surface area contributed by atoms with E-state index in [9.17, 15) is 14.0 Å². The van der Waals surface area contributed by atoms with Gasteiger partial charge in [-0.3, -0.25) is 9.59 Å². The number of rotatable bonds is 1. The number of fused-ring (bicyclic) bond motifs is 1. The second-order valence-electron chi connectivity index (χ2n) is 7.62. The lowest BCUT2D eigenvalue weighted by Crippen LogP contribution is -2.52. The van der Waals surface area contributed by atoms with Crippen LogP contribution < -0.4 is 4.74 Å². The third-order valence-electron chi connectivity index (χ3n) is 5.74. The number of ketones is 1. The predicted molar refractivity (Wildman–Crippen MR) is 99.8 cm³/mol. The van der Waals surface area contributed by atoms with Crippen LogP contribution >= 0.6 is 0 Å². The summed E-state index contributed by atoms with van der Waals surface area (Å²) in [6.45, 7) is 4.97. The van der Waals surface area contributed by atoms with Crippen LogP contribution in [0.1, 0.15) is 51.1 Å². The van der Waals surface area contributed by atoms with E-state index >= 15 is 0 Å². The molecule has 1 amide bonds. The molecule has 140 valence electrons. The zero-order valence-corrected chi connectivity index (χ0v) is 15.5. The van der Waals surface area contributed by atoms with Crippen molar-refractivity contribution in [3.05, 3.63) is 64.5 Å². The van der Waals surface area contributed by atoms with Gasteiger partial charge in [0.1, 0.15) is 17.2 Å². The summed E-state index contributed by atoms with van der Waals surface area (Å²) in [5.41, 5.74) is 2.63. The second kappa shape index (κ2) is 6.48. The average molecular weight is 367 g/mol. The Hall–Kier alpha value is -2.69. The lowest BCUT2D eigenvalue weighted by Gasteiger charge is -2.44. The molecular formula is C22H22FNO3. The predicted octanol–water partition coefficient (Wildman–Crippen LogP) is 4.08. The van der Waals surface area contributed by atoms with Crippen molar-refractivity contribution >= 4 is 11.7 Å². The lowest BCUT2D eigenvalue weighted by atomic mass is 9.81. The fourth-order valence-corrected chi connectivity index (χ4v) is 3.95. The summed E-state index contributed by atoms with van der Waals surface area (Å²) >= 11 is 0. The molecule has 5 heteroatoms. The number of benzene rings is 2. The maximum absolute atomic E-state index is 13.4. The van der Waals surface area contributed by atoms with E-state index in [4.69, 9.17) is 4.74 Å². The molecule has 4 rings (SSSR count). The van der Waals surface area contributed by atoms with Gasteiger partial charge in [-0.15, -0.1) is 0 Å². The molecular weight excluding hydrogens is 345 g/mol. The molecule has 0 bridgehead atoms. The molecule has 2 aromatic rings. The first-order valence-corrected chi connectivity index (χ1v) is 9.25. The highest BCUT2D eigenvalue weighted by atomic mass is 19.1. The molecule has 2 heterocycles. The molecule has 2 aromatic carbocycles. The average Bonchev–Trinajstić information content (AvgIpc) is 2.64. The number of Topliss-reactive ketones (excluding diaryl/α,β-unsaturated/α-hetero) is 1. The van der Waals surface area contributed by atoms with Crippen LogP contribution in [0.4, 0.5) is 4.39 Å². The van der Waals surface area contributed by atoms with Crippen molar-refractivity contribution in [1.82, 2.24) is 4.90 Å². The number of hydrogen-bond donors (Lipinski definition) is 0. The Morgan fingerprint density at radius 3 is 2.52 bits per heavy atom. The number of carbonyl (C=O) groups is 2. The molecule has 1 fully saturated rings. The number of piperidine rings is 1. The first kappa shape index (κ1) is 17.7. The van der Waals surface area contributed by atoms with Crippen LogP contribution in [0.25, 0.3) is 0 Å². The van der Waals surface area contributed by atoms with Crippen LogP contribution in [-0.4, -0.2) is 35.3 Å². The van der Waals surface area contributed by atoms with Gasteiger partial charge in [0.2, 0.25) is 0 Å². The molecule has 0 saturated carbocycles. The zero-order chi connectivity index (χ0) is 19.2. The summed E-state index contributed by atoms with van der Waals surface area (Å²) < 4.78 is 19.7. The Balaban J connectivity index is 1.51. The smallest absolute Gasteiger partial charge is 0.253 e. The number of halogens is 1. The first-order chi connectivity index (χ1) is 12.9. The third-order valence-corrected chi connectivity index (χ3v) is 5.74. The quantitative estimate of drug-likeness (QED) is 0.763. The highest BCUT2D eigenvalue weighted by Gasteiger charge is 2.43. The zero-order valence-electron chi connectivity index (χ0n) is 15.5. The topological polar surface area (TPSA) is 46.6 Å². The Morgan fingerprint density at radius 1 is 1.11 bits per heavy atom. The van der Waals surface area contributed by atoms with Crippen molar-refractivity contribution in [3.63, 3.8) is 0 Å². The van der Waals surface area contributed by atoms with Crippen molar-refractivity contribution < 1.29 is 18.7 Å². The number of likely N-dealkylation sites (tertiary alicyclic amines) is 1. The van der Waals surface area contributed by atoms with E-state index < -0.39 is 11.4 Å². The van der Waals surface area contributed by atoms with Gasteiger partial charge in [-0.1, -0.05) is 6.07 Å². The molecule has 27 heavy (non-hydrogen) atoms. The van der Waals surface area contributed by atoms with Crippen LogP contribution in [0.2, 0.25) is 0 Å². The Morgan fingerprint density at radius 2 is 1.81 bits per heavy atom. The van der Waals surface area contributed by atoms with Gasteiger partial charge in [-0.25, -0.2) is 4.39 Å². The summed E-state index contributed by atoms with van der Waals surface area (Å²) in [7, 11) is 0. The number of amides is 1. The molecule has 0 atom stereocenters. The van der Waals surface area contributed by atoms with Gasteiger partial charge in [0.25, 0.3) is 5.91 Å². The van der Waals surface area contributed by atoms with Crippen molar-refractivity contribution in [3.8, 4) is 5.75 Å². The Labute approximate surface area is 157 Å². The second-order valence-corrected chi connectivity index (χ2v) is 7.62. The molecule has 1 saturated heterocycles. The standard InChI is InChI=1S/C22H22FNO3/c1-14-10-18-19(25)13-22(27-20(18)11-15(14)2)6-8-24(9-7-22)21(26)16-4-3-5-17(23)12-16/h3-5,10-12H,6-9,13H2,1-2H3. The third kappa shape index (κ3) is 3.22. The highest BCUT2D eigenvalue weighted by Crippen LogP contribution is 2.40. The van der Waals surface area contributed by atoms with Crippen LogP contribution in [-0.2, 0) is 0 Å². The van der Waals surface area contributed by atoms with E-state index in [0.717, 1.165) is 11.1 Å². The van der Waals surface area contributed by atoms with Gasteiger partial charge in [0, 0.05) is 31.5 Å². The van der Waals surface area contributed by atoms with Gasteiger partial charge in [0.15, 0.2) is 5.78 Å². The summed E-state index contributed by atoms with van der Waals surface area (Å²) in [5, 5.41) is 0. The molecule has 2 aliphatic rings. The molecule has 4 nitrogen and oxygen atoms in total. The molecule has 0 aliphatic carbocycles. The molecule has 0 unspecified atom stereocenters. The van der Waals surface area contributed by atoms with Crippen molar-refractivity contribution in [2.45, 2.75) is 38.7 Å². The Bertz CT molecular complexity index is 929. The highest BCUT2D eigenvalue weighted by molar-refractivity contribution is 6.00. The van der Waals surface area contributed by atoms with Crippen molar-refractivity contribution in [1.29, 1.82) is 0 Å². The molecule has 0 N–H and O–H groups in total. The van der Waals surface area contributed by atoms with Gasteiger partial charge < -0.3 is 9.64 Å². The summed E-state index contributed by atoms with van der Waals surface area (Å²) in [4.78, 5) is 27.0. The Kier molecular flexibility index (Phi) is 4.25. The van der Waals surface area contributed by atoms with E-state index in [0.29, 0.717) is 49.2 Å². The summed E-state index contributed by atoms with van der Waals surface area (Å²) in [6.07, 6.45) is 1.52. The number of aryl methyl sites for hydroxylation is 2. The SMILES string of the molecule is Cc1cc2c(cc1C)C(=O)CC1(CCN(C(=O)c3cccc(F)c3)CC1)O2. The van der Waals surface area contributed by atoms with E-state index in [2.05, 4.69) is 0 Å². The van der Waals surface area contributed by atoms with E-state index in [1.165, 1.54) is 18.2 Å². The van der Waals surface area contributed by atoms with Gasteiger partial charge in [-0.2, -0.15) is 0 Å². The summed E-state index contributed by atoms with van der Waals surface area (Å²) in [6, 6.07) is 9.59. The normalized spacial score (nSPS) is 18.2. The number of nitrogens with zero attached hydrogens (tertiary/aromatic N) is 1.